The second kappa shape index (κ2) is 7.11. The topological polar surface area (TPSA) is 25.8 Å². The Morgan fingerprint density at radius 2 is 1.52 bits per heavy atom. The fourth-order valence-corrected chi connectivity index (χ4v) is 3.59. The Morgan fingerprint density at radius 3 is 2.16 bits per heavy atom. The van der Waals surface area contributed by atoms with Gasteiger partial charge < -0.3 is 0 Å². The van der Waals surface area contributed by atoms with E-state index in [0.29, 0.717) is 17.8 Å². The van der Waals surface area contributed by atoms with Gasteiger partial charge in [0, 0.05) is 22.9 Å². The van der Waals surface area contributed by atoms with Crippen LogP contribution in [0.2, 0.25) is 0 Å². The molecule has 132 valence electrons. The molecule has 0 bridgehead atoms. The van der Waals surface area contributed by atoms with Gasteiger partial charge in [0.15, 0.2) is 0 Å². The summed E-state index contributed by atoms with van der Waals surface area (Å²) < 4.78 is 0. The SMILES string of the molecule is CC(C)Cc1cc(CC(C)C)c2c(ccc3cnc(C(C)C)nc32)c1. The van der Waals surface area contributed by atoms with Gasteiger partial charge in [0.1, 0.15) is 5.82 Å². The monoisotopic (exact) mass is 334 g/mol. The molecule has 2 aromatic carbocycles. The van der Waals surface area contributed by atoms with Crippen LogP contribution >= 0.6 is 0 Å². The van der Waals surface area contributed by atoms with Crippen molar-refractivity contribution in [3.05, 3.63) is 47.4 Å². The number of benzene rings is 2. The molecule has 2 nitrogen and oxygen atoms in total. The highest BCUT2D eigenvalue weighted by atomic mass is 14.9. The molecule has 0 radical (unpaired) electrons. The van der Waals surface area contributed by atoms with Crippen molar-refractivity contribution in [2.75, 3.05) is 0 Å². The summed E-state index contributed by atoms with van der Waals surface area (Å²) in [5, 5.41) is 3.77. The molecule has 2 heteroatoms. The van der Waals surface area contributed by atoms with Gasteiger partial charge >= 0.3 is 0 Å². The van der Waals surface area contributed by atoms with E-state index in [1.54, 1.807) is 0 Å². The molecular formula is C23H30N2. The van der Waals surface area contributed by atoms with Crippen molar-refractivity contribution >= 4 is 21.7 Å². The summed E-state index contributed by atoms with van der Waals surface area (Å²) in [6, 6.07) is 9.18. The van der Waals surface area contributed by atoms with Gasteiger partial charge in [-0.2, -0.15) is 0 Å². The second-order valence-electron chi connectivity index (χ2n) is 8.44. The van der Waals surface area contributed by atoms with Gasteiger partial charge in [-0.25, -0.2) is 9.97 Å². The highest BCUT2D eigenvalue weighted by Gasteiger charge is 2.13. The van der Waals surface area contributed by atoms with E-state index in [1.807, 2.05) is 6.20 Å². The summed E-state index contributed by atoms with van der Waals surface area (Å²) in [6.45, 7) is 13.5. The normalized spacial score (nSPS) is 12.2. The predicted molar refractivity (Wildman–Crippen MR) is 108 cm³/mol. The van der Waals surface area contributed by atoms with E-state index in [2.05, 4.69) is 70.8 Å². The summed E-state index contributed by atoms with van der Waals surface area (Å²) in [5.74, 6) is 2.56. The Morgan fingerprint density at radius 1 is 0.840 bits per heavy atom. The highest BCUT2D eigenvalue weighted by Crippen LogP contribution is 2.31. The zero-order valence-corrected chi connectivity index (χ0v) is 16.4. The summed E-state index contributed by atoms with van der Waals surface area (Å²) >= 11 is 0. The Hall–Kier alpha value is -1.96. The first-order valence-corrected chi connectivity index (χ1v) is 9.56. The maximum Gasteiger partial charge on any atom is 0.131 e. The van der Waals surface area contributed by atoms with Crippen LogP contribution in [0.3, 0.4) is 0 Å². The first-order chi connectivity index (χ1) is 11.8. The van der Waals surface area contributed by atoms with Gasteiger partial charge in [-0.1, -0.05) is 65.8 Å². The molecule has 0 aliphatic heterocycles. The lowest BCUT2D eigenvalue weighted by Gasteiger charge is -2.16. The van der Waals surface area contributed by atoms with Crippen LogP contribution < -0.4 is 0 Å². The molecule has 1 heterocycles. The fraction of sp³-hybridized carbons (Fsp3) is 0.478. The molecular weight excluding hydrogens is 304 g/mol. The number of aromatic nitrogens is 2. The molecule has 3 aromatic rings. The Labute approximate surface area is 151 Å². The number of hydrogen-bond donors (Lipinski definition) is 0. The minimum Gasteiger partial charge on any atom is -0.240 e. The third kappa shape index (κ3) is 3.84. The van der Waals surface area contributed by atoms with E-state index < -0.39 is 0 Å². The molecule has 0 amide bonds. The number of rotatable bonds is 5. The van der Waals surface area contributed by atoms with Crippen LogP contribution in [-0.4, -0.2) is 9.97 Å². The van der Waals surface area contributed by atoms with Crippen LogP contribution in [0.25, 0.3) is 21.7 Å². The second-order valence-corrected chi connectivity index (χ2v) is 8.44. The van der Waals surface area contributed by atoms with E-state index >= 15 is 0 Å². The number of fused-ring (bicyclic) bond motifs is 3. The lowest BCUT2D eigenvalue weighted by atomic mass is 9.91. The van der Waals surface area contributed by atoms with E-state index in [-0.39, 0.29) is 0 Å². The third-order valence-electron chi connectivity index (χ3n) is 4.61. The van der Waals surface area contributed by atoms with Gasteiger partial charge in [0.05, 0.1) is 5.52 Å². The van der Waals surface area contributed by atoms with Crippen molar-refractivity contribution in [1.82, 2.24) is 9.97 Å². The average Bonchev–Trinajstić information content (AvgIpc) is 2.52. The fourth-order valence-electron chi connectivity index (χ4n) is 3.59. The van der Waals surface area contributed by atoms with Gasteiger partial charge in [0.25, 0.3) is 0 Å². The molecule has 0 saturated carbocycles. The Bertz CT molecular complexity index is 891. The Balaban J connectivity index is 2.31. The van der Waals surface area contributed by atoms with Crippen LogP contribution in [0, 0.1) is 11.8 Å². The third-order valence-corrected chi connectivity index (χ3v) is 4.61. The summed E-state index contributed by atoms with van der Waals surface area (Å²) in [6.07, 6.45) is 4.20. The zero-order valence-electron chi connectivity index (χ0n) is 16.4. The number of hydrogen-bond acceptors (Lipinski definition) is 2. The molecule has 0 aliphatic carbocycles. The lowest BCUT2D eigenvalue weighted by Crippen LogP contribution is -2.02. The Kier molecular flexibility index (Phi) is 5.08. The number of nitrogens with zero attached hydrogens (tertiary/aromatic N) is 2. The van der Waals surface area contributed by atoms with E-state index in [9.17, 15) is 0 Å². The molecule has 1 aromatic heterocycles. The largest absolute Gasteiger partial charge is 0.240 e. The first kappa shape index (κ1) is 17.8. The first-order valence-electron chi connectivity index (χ1n) is 9.56. The summed E-state index contributed by atoms with van der Waals surface area (Å²) in [7, 11) is 0. The molecule has 0 saturated heterocycles. The van der Waals surface area contributed by atoms with Crippen molar-refractivity contribution in [3.8, 4) is 0 Å². The van der Waals surface area contributed by atoms with Crippen LogP contribution in [0.4, 0.5) is 0 Å². The van der Waals surface area contributed by atoms with E-state index in [0.717, 1.165) is 29.6 Å². The minimum absolute atomic E-state index is 0.341. The maximum absolute atomic E-state index is 4.95. The molecule has 0 N–H and O–H groups in total. The van der Waals surface area contributed by atoms with Gasteiger partial charge in [-0.05, 0) is 41.2 Å². The van der Waals surface area contributed by atoms with Gasteiger partial charge in [-0.3, -0.25) is 0 Å². The molecule has 0 unspecified atom stereocenters. The molecule has 25 heavy (non-hydrogen) atoms. The van der Waals surface area contributed by atoms with E-state index in [4.69, 9.17) is 4.98 Å². The van der Waals surface area contributed by atoms with Crippen molar-refractivity contribution in [2.24, 2.45) is 11.8 Å². The molecule has 0 fully saturated rings. The van der Waals surface area contributed by atoms with Gasteiger partial charge in [0.2, 0.25) is 0 Å². The molecule has 0 aliphatic rings. The van der Waals surface area contributed by atoms with Crippen molar-refractivity contribution in [3.63, 3.8) is 0 Å². The average molecular weight is 335 g/mol. The quantitative estimate of drug-likeness (QED) is 0.511. The van der Waals surface area contributed by atoms with Crippen molar-refractivity contribution < 1.29 is 0 Å². The smallest absolute Gasteiger partial charge is 0.131 e. The van der Waals surface area contributed by atoms with E-state index in [1.165, 1.54) is 21.9 Å². The van der Waals surface area contributed by atoms with Crippen molar-refractivity contribution in [2.45, 2.75) is 60.3 Å². The molecule has 3 rings (SSSR count). The standard InChI is InChI=1S/C23H30N2/c1-14(2)9-17-11-18-7-8-19-13-24-23(16(5)6)25-22(19)21(18)20(12-17)10-15(3)4/h7-8,11-16H,9-10H2,1-6H3. The van der Waals surface area contributed by atoms with Gasteiger partial charge in [-0.15, -0.1) is 0 Å². The minimum atomic E-state index is 0.341. The van der Waals surface area contributed by atoms with Crippen LogP contribution in [-0.2, 0) is 12.8 Å². The van der Waals surface area contributed by atoms with Crippen LogP contribution in [0.1, 0.15) is 64.4 Å². The van der Waals surface area contributed by atoms with Crippen LogP contribution in [0.15, 0.2) is 30.5 Å². The maximum atomic E-state index is 4.95. The molecule has 0 atom stereocenters. The van der Waals surface area contributed by atoms with Crippen molar-refractivity contribution in [1.29, 1.82) is 0 Å². The van der Waals surface area contributed by atoms with Crippen LogP contribution in [0.5, 0.6) is 0 Å². The molecule has 0 spiro atoms. The summed E-state index contributed by atoms with van der Waals surface area (Å²) in [5.41, 5.74) is 3.99. The highest BCUT2D eigenvalue weighted by molar-refractivity contribution is 6.07. The zero-order chi connectivity index (χ0) is 18.1. The summed E-state index contributed by atoms with van der Waals surface area (Å²) in [4.78, 5) is 9.50. The predicted octanol–water partition coefficient (Wildman–Crippen LogP) is 6.30. The lowest BCUT2D eigenvalue weighted by molar-refractivity contribution is 0.638.